The van der Waals surface area contributed by atoms with E-state index in [4.69, 9.17) is 14.2 Å². The van der Waals surface area contributed by atoms with Crippen LogP contribution in [-0.4, -0.2) is 38.4 Å². The van der Waals surface area contributed by atoms with Gasteiger partial charge in [-0.05, 0) is 13.8 Å². The highest BCUT2D eigenvalue weighted by Gasteiger charge is 2.50. The summed E-state index contributed by atoms with van der Waals surface area (Å²) < 4.78 is 15.1. The molecule has 0 unspecified atom stereocenters. The van der Waals surface area contributed by atoms with Gasteiger partial charge in [0.1, 0.15) is 0 Å². The zero-order valence-corrected chi connectivity index (χ0v) is 11.3. The Labute approximate surface area is 112 Å². The van der Waals surface area contributed by atoms with Gasteiger partial charge in [-0.2, -0.15) is 5.26 Å². The quantitative estimate of drug-likeness (QED) is 0.693. The Morgan fingerprint density at radius 3 is 2.63 bits per heavy atom. The van der Waals surface area contributed by atoms with E-state index in [2.05, 4.69) is 0 Å². The molecule has 6 heteroatoms. The van der Waals surface area contributed by atoms with E-state index in [1.54, 1.807) is 13.8 Å². The highest BCUT2D eigenvalue weighted by molar-refractivity contribution is 5.82. The Bertz CT molecular complexity index is 376. The summed E-state index contributed by atoms with van der Waals surface area (Å²) in [6.07, 6.45) is 0.229. The molecule has 0 aliphatic carbocycles. The summed E-state index contributed by atoms with van der Waals surface area (Å²) in [6, 6.07) is 2.04. The molecule has 0 aromatic rings. The lowest BCUT2D eigenvalue weighted by Crippen LogP contribution is -2.46. The SMILES string of the molecule is CCOC(=O)C[C@@H]1COCC[C@]1(C#N)C(=O)OCC. The zero-order valence-electron chi connectivity index (χ0n) is 11.3. The Morgan fingerprint density at radius 1 is 1.37 bits per heavy atom. The molecule has 0 N–H and O–H groups in total. The summed E-state index contributed by atoms with van der Waals surface area (Å²) in [5, 5.41) is 9.39. The van der Waals surface area contributed by atoms with E-state index in [-0.39, 0.29) is 32.7 Å². The highest BCUT2D eigenvalue weighted by atomic mass is 16.5. The van der Waals surface area contributed by atoms with E-state index in [0.29, 0.717) is 6.61 Å². The fourth-order valence-electron chi connectivity index (χ4n) is 2.18. The van der Waals surface area contributed by atoms with Crippen molar-refractivity contribution in [2.24, 2.45) is 11.3 Å². The molecule has 0 bridgehead atoms. The van der Waals surface area contributed by atoms with E-state index in [0.717, 1.165) is 0 Å². The minimum atomic E-state index is -1.30. The van der Waals surface area contributed by atoms with E-state index in [1.807, 2.05) is 6.07 Å². The van der Waals surface area contributed by atoms with Crippen molar-refractivity contribution in [2.45, 2.75) is 26.7 Å². The largest absolute Gasteiger partial charge is 0.466 e. The smallest absolute Gasteiger partial charge is 0.326 e. The van der Waals surface area contributed by atoms with Crippen LogP contribution in [0.3, 0.4) is 0 Å². The van der Waals surface area contributed by atoms with Gasteiger partial charge < -0.3 is 14.2 Å². The van der Waals surface area contributed by atoms with Crippen LogP contribution >= 0.6 is 0 Å². The first kappa shape index (κ1) is 15.4. The summed E-state index contributed by atoms with van der Waals surface area (Å²) in [7, 11) is 0. The fourth-order valence-corrected chi connectivity index (χ4v) is 2.18. The molecule has 1 saturated heterocycles. The second kappa shape index (κ2) is 7.10. The first-order valence-electron chi connectivity index (χ1n) is 6.42. The van der Waals surface area contributed by atoms with Crippen molar-refractivity contribution in [2.75, 3.05) is 26.4 Å². The van der Waals surface area contributed by atoms with Gasteiger partial charge in [0, 0.05) is 18.9 Å². The standard InChI is InChI=1S/C13H19NO5/c1-3-18-11(15)7-10-8-17-6-5-13(10,9-14)12(16)19-4-2/h10H,3-8H2,1-2H3/t10-,13-/m1/s1. The fraction of sp³-hybridized carbons (Fsp3) is 0.769. The molecule has 0 aromatic heterocycles. The third-order valence-corrected chi connectivity index (χ3v) is 3.21. The summed E-state index contributed by atoms with van der Waals surface area (Å²) in [4.78, 5) is 23.6. The lowest BCUT2D eigenvalue weighted by Gasteiger charge is -2.35. The number of carbonyl (C=O) groups is 2. The molecule has 0 amide bonds. The number of nitriles is 1. The van der Waals surface area contributed by atoms with Gasteiger partial charge in [0.25, 0.3) is 0 Å². The minimum Gasteiger partial charge on any atom is -0.466 e. The Balaban J connectivity index is 2.87. The van der Waals surface area contributed by atoms with Crippen LogP contribution in [0.25, 0.3) is 0 Å². The van der Waals surface area contributed by atoms with Gasteiger partial charge in [0.15, 0.2) is 5.41 Å². The third-order valence-electron chi connectivity index (χ3n) is 3.21. The van der Waals surface area contributed by atoms with Crippen LogP contribution in [0.5, 0.6) is 0 Å². The van der Waals surface area contributed by atoms with E-state index in [1.165, 1.54) is 0 Å². The summed E-state index contributed by atoms with van der Waals surface area (Å²) in [6.45, 7) is 4.36. The van der Waals surface area contributed by atoms with Gasteiger partial charge in [-0.25, -0.2) is 0 Å². The minimum absolute atomic E-state index is 0.0137. The van der Waals surface area contributed by atoms with Crippen LogP contribution in [0.15, 0.2) is 0 Å². The molecule has 106 valence electrons. The van der Waals surface area contributed by atoms with Crippen molar-refractivity contribution in [1.82, 2.24) is 0 Å². The van der Waals surface area contributed by atoms with Gasteiger partial charge in [0.05, 0.1) is 32.3 Å². The first-order valence-corrected chi connectivity index (χ1v) is 6.42. The summed E-state index contributed by atoms with van der Waals surface area (Å²) in [5.74, 6) is -1.53. The Kier molecular flexibility index (Phi) is 5.77. The number of nitrogens with zero attached hydrogens (tertiary/aromatic N) is 1. The van der Waals surface area contributed by atoms with Gasteiger partial charge in [-0.3, -0.25) is 9.59 Å². The molecule has 1 aliphatic rings. The van der Waals surface area contributed by atoms with Crippen LogP contribution < -0.4 is 0 Å². The molecule has 1 aliphatic heterocycles. The molecule has 1 rings (SSSR count). The molecule has 2 atom stereocenters. The summed E-state index contributed by atoms with van der Waals surface area (Å²) in [5.41, 5.74) is -1.30. The molecule has 6 nitrogen and oxygen atoms in total. The molecule has 0 saturated carbocycles. The number of carbonyl (C=O) groups excluding carboxylic acids is 2. The van der Waals surface area contributed by atoms with Crippen molar-refractivity contribution >= 4 is 11.9 Å². The Hall–Kier alpha value is -1.61. The molecule has 1 fully saturated rings. The van der Waals surface area contributed by atoms with Crippen molar-refractivity contribution in [3.63, 3.8) is 0 Å². The Morgan fingerprint density at radius 2 is 2.05 bits per heavy atom. The average Bonchev–Trinajstić information content (AvgIpc) is 2.40. The van der Waals surface area contributed by atoms with Gasteiger partial charge >= 0.3 is 11.9 Å². The maximum Gasteiger partial charge on any atom is 0.326 e. The van der Waals surface area contributed by atoms with Gasteiger partial charge in [0.2, 0.25) is 0 Å². The lowest BCUT2D eigenvalue weighted by molar-refractivity contribution is -0.164. The monoisotopic (exact) mass is 269 g/mol. The maximum atomic E-state index is 12.0. The van der Waals surface area contributed by atoms with E-state index in [9.17, 15) is 14.9 Å². The molecule has 0 radical (unpaired) electrons. The van der Waals surface area contributed by atoms with Gasteiger partial charge in [-0.15, -0.1) is 0 Å². The van der Waals surface area contributed by atoms with E-state index >= 15 is 0 Å². The molecule has 19 heavy (non-hydrogen) atoms. The maximum absolute atomic E-state index is 12.0. The number of esters is 2. The zero-order chi connectivity index (χ0) is 14.3. The number of hydrogen-bond acceptors (Lipinski definition) is 6. The second-order valence-electron chi connectivity index (χ2n) is 4.33. The van der Waals surface area contributed by atoms with Crippen LogP contribution in [0.2, 0.25) is 0 Å². The van der Waals surface area contributed by atoms with Crippen LogP contribution in [0.4, 0.5) is 0 Å². The lowest BCUT2D eigenvalue weighted by atomic mass is 9.71. The number of ether oxygens (including phenoxy) is 3. The molecule has 0 aromatic carbocycles. The molecule has 1 heterocycles. The summed E-state index contributed by atoms with van der Waals surface area (Å²) >= 11 is 0. The number of rotatable bonds is 5. The van der Waals surface area contributed by atoms with Crippen molar-refractivity contribution < 1.29 is 23.8 Å². The second-order valence-corrected chi connectivity index (χ2v) is 4.33. The van der Waals surface area contributed by atoms with Crippen molar-refractivity contribution in [3.05, 3.63) is 0 Å². The number of hydrogen-bond donors (Lipinski definition) is 0. The van der Waals surface area contributed by atoms with Crippen LogP contribution in [-0.2, 0) is 23.8 Å². The van der Waals surface area contributed by atoms with Crippen LogP contribution in [0.1, 0.15) is 26.7 Å². The van der Waals surface area contributed by atoms with Crippen molar-refractivity contribution in [1.29, 1.82) is 5.26 Å². The van der Waals surface area contributed by atoms with Gasteiger partial charge in [-0.1, -0.05) is 0 Å². The topological polar surface area (TPSA) is 85.6 Å². The molecule has 0 spiro atoms. The average molecular weight is 269 g/mol. The molecular weight excluding hydrogens is 250 g/mol. The predicted octanol–water partition coefficient (Wildman–Crippen LogP) is 1.05. The van der Waals surface area contributed by atoms with Crippen molar-refractivity contribution in [3.8, 4) is 6.07 Å². The van der Waals surface area contributed by atoms with E-state index < -0.39 is 23.3 Å². The normalized spacial score (nSPS) is 26.3. The predicted molar refractivity (Wildman–Crippen MR) is 64.9 cm³/mol. The first-order chi connectivity index (χ1) is 9.10. The van der Waals surface area contributed by atoms with Crippen LogP contribution in [0, 0.1) is 22.7 Å². The third kappa shape index (κ3) is 3.44. The highest BCUT2D eigenvalue weighted by Crippen LogP contribution is 2.38. The molecular formula is C13H19NO5.